The van der Waals surface area contributed by atoms with E-state index < -0.39 is 17.8 Å². The van der Waals surface area contributed by atoms with Crippen molar-refractivity contribution in [2.75, 3.05) is 0 Å². The Morgan fingerprint density at radius 3 is 2.62 bits per heavy atom. The summed E-state index contributed by atoms with van der Waals surface area (Å²) in [7, 11) is 1.85. The van der Waals surface area contributed by atoms with Crippen molar-refractivity contribution in [1.29, 1.82) is 0 Å². The number of rotatable bonds is 4. The summed E-state index contributed by atoms with van der Waals surface area (Å²) in [6, 6.07) is 0. The Hall–Kier alpha value is -2.11. The van der Waals surface area contributed by atoms with Gasteiger partial charge in [0.2, 0.25) is 5.91 Å². The molecule has 2 bridgehead atoms. The molecule has 0 saturated heterocycles. The predicted octanol–water partition coefficient (Wildman–Crippen LogP) is 0.868. The van der Waals surface area contributed by atoms with Crippen LogP contribution in [0.5, 0.6) is 0 Å². The van der Waals surface area contributed by atoms with Gasteiger partial charge in [0, 0.05) is 24.8 Å². The Kier molecular flexibility index (Phi) is 3.31. The standard InChI is InChI=1S/C15H19N3O3/c1-8-11(7-17-18(8)2)6-16-14(19)12-9-3-4-10(5-9)13(12)15(20)21/h3-4,7,9-10,12-13H,5-6H2,1-2H3,(H,16,19)(H,20,21)/t9-,10+,12+,13+/m1/s1. The minimum atomic E-state index is -0.871. The molecule has 1 saturated carbocycles. The number of amides is 1. The van der Waals surface area contributed by atoms with Crippen LogP contribution in [0, 0.1) is 30.6 Å². The number of allylic oxidation sites excluding steroid dienone is 2. The van der Waals surface area contributed by atoms with Gasteiger partial charge in [-0.15, -0.1) is 0 Å². The molecule has 0 radical (unpaired) electrons. The van der Waals surface area contributed by atoms with Gasteiger partial charge in [-0.3, -0.25) is 14.3 Å². The van der Waals surface area contributed by atoms with Gasteiger partial charge in [-0.25, -0.2) is 0 Å². The molecule has 1 aromatic rings. The highest BCUT2D eigenvalue weighted by molar-refractivity contribution is 5.86. The zero-order chi connectivity index (χ0) is 15.1. The van der Waals surface area contributed by atoms with E-state index in [2.05, 4.69) is 10.4 Å². The van der Waals surface area contributed by atoms with Gasteiger partial charge >= 0.3 is 5.97 Å². The third-order valence-corrected chi connectivity index (χ3v) is 4.84. The van der Waals surface area contributed by atoms with Crippen LogP contribution < -0.4 is 5.32 Å². The summed E-state index contributed by atoms with van der Waals surface area (Å²) >= 11 is 0. The van der Waals surface area contributed by atoms with E-state index in [1.54, 1.807) is 10.9 Å². The number of carboxylic acids is 1. The molecule has 2 aliphatic rings. The molecule has 6 heteroatoms. The molecule has 0 spiro atoms. The summed E-state index contributed by atoms with van der Waals surface area (Å²) in [6.07, 6.45) is 6.44. The van der Waals surface area contributed by atoms with Gasteiger partial charge in [-0.1, -0.05) is 12.2 Å². The number of aliphatic carboxylic acids is 1. The van der Waals surface area contributed by atoms with Crippen LogP contribution in [0.15, 0.2) is 18.3 Å². The van der Waals surface area contributed by atoms with Gasteiger partial charge < -0.3 is 10.4 Å². The highest BCUT2D eigenvalue weighted by Crippen LogP contribution is 2.48. The largest absolute Gasteiger partial charge is 0.481 e. The number of carboxylic acid groups (broad SMARTS) is 1. The molecular weight excluding hydrogens is 270 g/mol. The van der Waals surface area contributed by atoms with Crippen LogP contribution in [-0.4, -0.2) is 26.8 Å². The van der Waals surface area contributed by atoms with Crippen LogP contribution in [0.2, 0.25) is 0 Å². The van der Waals surface area contributed by atoms with Crippen molar-refractivity contribution < 1.29 is 14.7 Å². The molecule has 3 rings (SSSR count). The summed E-state index contributed by atoms with van der Waals surface area (Å²) in [5, 5.41) is 16.4. The lowest BCUT2D eigenvalue weighted by atomic mass is 9.82. The fourth-order valence-corrected chi connectivity index (χ4v) is 3.53. The lowest BCUT2D eigenvalue weighted by Gasteiger charge is -2.23. The average Bonchev–Trinajstić information content (AvgIpc) is 3.13. The first-order valence-electron chi connectivity index (χ1n) is 7.15. The van der Waals surface area contributed by atoms with Crippen LogP contribution in [0.4, 0.5) is 0 Å². The van der Waals surface area contributed by atoms with E-state index in [0.29, 0.717) is 6.54 Å². The maximum Gasteiger partial charge on any atom is 0.307 e. The monoisotopic (exact) mass is 289 g/mol. The average molecular weight is 289 g/mol. The lowest BCUT2D eigenvalue weighted by Crippen LogP contribution is -2.39. The third-order valence-electron chi connectivity index (χ3n) is 4.84. The quantitative estimate of drug-likeness (QED) is 0.805. The molecule has 0 aromatic carbocycles. The van der Waals surface area contributed by atoms with Crippen LogP contribution >= 0.6 is 0 Å². The Labute approximate surface area is 122 Å². The normalized spacial score (nSPS) is 29.8. The number of hydrogen-bond acceptors (Lipinski definition) is 3. The van der Waals surface area contributed by atoms with Crippen LogP contribution in [0.25, 0.3) is 0 Å². The minimum absolute atomic E-state index is 0.00313. The molecule has 1 aromatic heterocycles. The summed E-state index contributed by atoms with van der Waals surface area (Å²) in [5.74, 6) is -2.01. The molecule has 1 amide bonds. The Bertz CT molecular complexity index is 620. The summed E-state index contributed by atoms with van der Waals surface area (Å²) in [6.45, 7) is 2.33. The predicted molar refractivity (Wildman–Crippen MR) is 75.1 cm³/mol. The summed E-state index contributed by atoms with van der Waals surface area (Å²) in [5.41, 5.74) is 1.95. The van der Waals surface area contributed by atoms with E-state index in [4.69, 9.17) is 0 Å². The third kappa shape index (κ3) is 2.24. The number of carbonyl (C=O) groups is 2. The molecule has 1 fully saturated rings. The van der Waals surface area contributed by atoms with Gasteiger partial charge in [0.15, 0.2) is 0 Å². The van der Waals surface area contributed by atoms with Crippen molar-refractivity contribution in [2.24, 2.45) is 30.7 Å². The highest BCUT2D eigenvalue weighted by atomic mass is 16.4. The molecular formula is C15H19N3O3. The van der Waals surface area contributed by atoms with Gasteiger partial charge in [-0.05, 0) is 25.2 Å². The molecule has 2 N–H and O–H groups in total. The Morgan fingerprint density at radius 1 is 1.38 bits per heavy atom. The summed E-state index contributed by atoms with van der Waals surface area (Å²) in [4.78, 5) is 23.8. The number of aryl methyl sites for hydroxylation is 1. The number of fused-ring (bicyclic) bond motifs is 2. The van der Waals surface area contributed by atoms with Crippen molar-refractivity contribution >= 4 is 11.9 Å². The number of aromatic nitrogens is 2. The van der Waals surface area contributed by atoms with E-state index in [1.807, 2.05) is 26.1 Å². The maximum absolute atomic E-state index is 12.4. The van der Waals surface area contributed by atoms with E-state index in [9.17, 15) is 14.7 Å². The first kappa shape index (κ1) is 13.9. The van der Waals surface area contributed by atoms with E-state index in [-0.39, 0.29) is 17.7 Å². The van der Waals surface area contributed by atoms with Gasteiger partial charge in [0.1, 0.15) is 0 Å². The molecule has 4 atom stereocenters. The van der Waals surface area contributed by atoms with Crippen LogP contribution in [0.1, 0.15) is 17.7 Å². The minimum Gasteiger partial charge on any atom is -0.481 e. The van der Waals surface area contributed by atoms with E-state index in [0.717, 1.165) is 17.7 Å². The second-order valence-electron chi connectivity index (χ2n) is 5.93. The Balaban J connectivity index is 1.69. The van der Waals surface area contributed by atoms with Gasteiger partial charge in [0.05, 0.1) is 18.0 Å². The van der Waals surface area contributed by atoms with Crippen molar-refractivity contribution in [3.05, 3.63) is 29.6 Å². The number of carbonyl (C=O) groups excluding carboxylic acids is 1. The van der Waals surface area contributed by atoms with Gasteiger partial charge in [0.25, 0.3) is 0 Å². The second-order valence-corrected chi connectivity index (χ2v) is 5.93. The molecule has 1 heterocycles. The first-order valence-corrected chi connectivity index (χ1v) is 7.15. The van der Waals surface area contributed by atoms with Crippen LogP contribution in [-0.2, 0) is 23.2 Å². The van der Waals surface area contributed by atoms with Crippen molar-refractivity contribution in [1.82, 2.24) is 15.1 Å². The molecule has 112 valence electrons. The zero-order valence-corrected chi connectivity index (χ0v) is 12.1. The maximum atomic E-state index is 12.4. The highest BCUT2D eigenvalue weighted by Gasteiger charge is 2.51. The van der Waals surface area contributed by atoms with Crippen molar-refractivity contribution in [2.45, 2.75) is 19.9 Å². The van der Waals surface area contributed by atoms with E-state index >= 15 is 0 Å². The second kappa shape index (κ2) is 5.02. The van der Waals surface area contributed by atoms with Crippen molar-refractivity contribution in [3.63, 3.8) is 0 Å². The van der Waals surface area contributed by atoms with Crippen molar-refractivity contribution in [3.8, 4) is 0 Å². The number of nitrogens with one attached hydrogen (secondary N) is 1. The fraction of sp³-hybridized carbons (Fsp3) is 0.533. The summed E-state index contributed by atoms with van der Waals surface area (Å²) < 4.78 is 1.75. The molecule has 21 heavy (non-hydrogen) atoms. The molecule has 0 unspecified atom stereocenters. The smallest absolute Gasteiger partial charge is 0.307 e. The Morgan fingerprint density at radius 2 is 2.05 bits per heavy atom. The molecule has 0 aliphatic heterocycles. The lowest BCUT2D eigenvalue weighted by molar-refractivity contribution is -0.147. The number of hydrogen-bond donors (Lipinski definition) is 2. The topological polar surface area (TPSA) is 84.2 Å². The molecule has 2 aliphatic carbocycles. The zero-order valence-electron chi connectivity index (χ0n) is 12.1. The fourth-order valence-electron chi connectivity index (χ4n) is 3.53. The first-order chi connectivity index (χ1) is 9.99. The molecule has 6 nitrogen and oxygen atoms in total. The SMILES string of the molecule is Cc1c(CNC(=O)[C@@H]2[C@@H](C(=O)O)[C@H]3C=C[C@@H]2C3)cnn1C. The van der Waals surface area contributed by atoms with Crippen LogP contribution in [0.3, 0.4) is 0 Å². The number of nitrogens with zero attached hydrogens (tertiary/aromatic N) is 2. The van der Waals surface area contributed by atoms with Gasteiger partial charge in [-0.2, -0.15) is 5.10 Å². The van der Waals surface area contributed by atoms with E-state index in [1.165, 1.54) is 0 Å².